The van der Waals surface area contributed by atoms with Crippen molar-refractivity contribution < 1.29 is 14.8 Å². The fraction of sp³-hybridized carbons (Fsp3) is 0.333. The zero-order valence-electron chi connectivity index (χ0n) is 15.3. The number of fused-ring (bicyclic) bond motifs is 2. The second-order valence-corrected chi connectivity index (χ2v) is 7.43. The van der Waals surface area contributed by atoms with Crippen LogP contribution in [0.25, 0.3) is 0 Å². The van der Waals surface area contributed by atoms with Crippen LogP contribution < -0.4 is 10.4 Å². The molecule has 0 aromatic heterocycles. The number of carbonyl (C=O) groups excluding carboxylic acids is 2. The Morgan fingerprint density at radius 1 is 1.11 bits per heavy atom. The zero-order chi connectivity index (χ0) is 19.0. The number of likely N-dealkylation sites (tertiary alicyclic amines) is 1. The van der Waals surface area contributed by atoms with E-state index >= 15 is 0 Å². The molecule has 2 amide bonds. The summed E-state index contributed by atoms with van der Waals surface area (Å²) in [4.78, 5) is 29.1. The first-order valence-corrected chi connectivity index (χ1v) is 9.18. The molecular formula is C21H23N3O3. The van der Waals surface area contributed by atoms with Crippen molar-refractivity contribution >= 4 is 17.5 Å². The summed E-state index contributed by atoms with van der Waals surface area (Å²) in [6.45, 7) is 2.30. The van der Waals surface area contributed by atoms with Crippen molar-refractivity contribution in [3.8, 4) is 0 Å². The highest BCUT2D eigenvalue weighted by Crippen LogP contribution is 2.48. The third kappa shape index (κ3) is 2.91. The minimum absolute atomic E-state index is 0.175. The molecule has 1 saturated heterocycles. The smallest absolute Gasteiger partial charge is 0.274 e. The number of nitrogens with one attached hydrogen (secondary N) is 1. The Balaban J connectivity index is 1.64. The molecule has 0 bridgehead atoms. The molecule has 0 aliphatic carbocycles. The fourth-order valence-corrected chi connectivity index (χ4v) is 4.25. The van der Waals surface area contributed by atoms with Crippen molar-refractivity contribution in [2.75, 3.05) is 25.0 Å². The summed E-state index contributed by atoms with van der Waals surface area (Å²) in [5, 5.41) is 8.73. The Morgan fingerprint density at radius 3 is 2.44 bits per heavy atom. The number of anilines is 1. The molecule has 2 aromatic carbocycles. The molecule has 2 aliphatic heterocycles. The first-order chi connectivity index (χ1) is 13.0. The summed E-state index contributed by atoms with van der Waals surface area (Å²) >= 11 is 0. The highest BCUT2D eigenvalue weighted by molar-refractivity contribution is 6.08. The average Bonchev–Trinajstić information content (AvgIpc) is 2.93. The van der Waals surface area contributed by atoms with Gasteiger partial charge in [0, 0.05) is 11.3 Å². The van der Waals surface area contributed by atoms with E-state index in [-0.39, 0.29) is 5.91 Å². The average molecular weight is 365 g/mol. The predicted octanol–water partition coefficient (Wildman–Crippen LogP) is 2.32. The van der Waals surface area contributed by atoms with Crippen LogP contribution in [0, 0.1) is 0 Å². The Hall–Kier alpha value is -2.70. The lowest BCUT2D eigenvalue weighted by molar-refractivity contribution is -0.124. The van der Waals surface area contributed by atoms with Gasteiger partial charge in [-0.05, 0) is 62.3 Å². The Labute approximate surface area is 158 Å². The second kappa shape index (κ2) is 6.79. The van der Waals surface area contributed by atoms with E-state index < -0.39 is 11.3 Å². The van der Waals surface area contributed by atoms with Gasteiger partial charge in [-0.1, -0.05) is 30.3 Å². The van der Waals surface area contributed by atoms with Gasteiger partial charge >= 0.3 is 0 Å². The second-order valence-electron chi connectivity index (χ2n) is 7.43. The van der Waals surface area contributed by atoms with Gasteiger partial charge in [-0.15, -0.1) is 0 Å². The summed E-state index contributed by atoms with van der Waals surface area (Å²) in [6, 6.07) is 15.0. The van der Waals surface area contributed by atoms with Gasteiger partial charge in [0.15, 0.2) is 0 Å². The SMILES string of the molecule is CN1CCC2(CC1)C(=O)N(Cc1ccc(C(=O)NO)cc1)c1ccccc12. The molecule has 27 heavy (non-hydrogen) atoms. The third-order valence-corrected chi connectivity index (χ3v) is 5.86. The highest BCUT2D eigenvalue weighted by atomic mass is 16.5. The summed E-state index contributed by atoms with van der Waals surface area (Å²) in [5.74, 6) is -0.372. The van der Waals surface area contributed by atoms with Crippen molar-refractivity contribution in [2.45, 2.75) is 24.8 Å². The van der Waals surface area contributed by atoms with Gasteiger partial charge < -0.3 is 9.80 Å². The van der Waals surface area contributed by atoms with E-state index in [4.69, 9.17) is 5.21 Å². The van der Waals surface area contributed by atoms with Crippen LogP contribution in [0.1, 0.15) is 34.3 Å². The van der Waals surface area contributed by atoms with Gasteiger partial charge in [0.1, 0.15) is 0 Å². The first-order valence-electron chi connectivity index (χ1n) is 9.18. The molecule has 4 rings (SSSR count). The van der Waals surface area contributed by atoms with Crippen LogP contribution in [0.3, 0.4) is 0 Å². The molecule has 2 aromatic rings. The van der Waals surface area contributed by atoms with E-state index in [2.05, 4.69) is 18.0 Å². The summed E-state index contributed by atoms with van der Waals surface area (Å²) < 4.78 is 0. The lowest BCUT2D eigenvalue weighted by atomic mass is 9.74. The third-order valence-electron chi connectivity index (χ3n) is 5.86. The molecule has 2 N–H and O–H groups in total. The quantitative estimate of drug-likeness (QED) is 0.647. The number of rotatable bonds is 3. The monoisotopic (exact) mass is 365 g/mol. The number of hydroxylamine groups is 1. The number of amides is 2. The Morgan fingerprint density at radius 2 is 1.78 bits per heavy atom. The molecule has 2 aliphatic rings. The maximum atomic E-state index is 13.5. The van der Waals surface area contributed by atoms with Crippen LogP contribution in [0.4, 0.5) is 5.69 Å². The number of para-hydroxylation sites is 1. The molecule has 1 fully saturated rings. The van der Waals surface area contributed by atoms with Gasteiger partial charge in [0.2, 0.25) is 5.91 Å². The lowest BCUT2D eigenvalue weighted by Gasteiger charge is -2.36. The maximum Gasteiger partial charge on any atom is 0.274 e. The number of hydrogen-bond donors (Lipinski definition) is 2. The molecule has 6 heteroatoms. The Kier molecular flexibility index (Phi) is 4.45. The fourth-order valence-electron chi connectivity index (χ4n) is 4.25. The molecule has 0 radical (unpaired) electrons. The van der Waals surface area contributed by atoms with Gasteiger partial charge in [-0.3, -0.25) is 14.8 Å². The van der Waals surface area contributed by atoms with Crippen LogP contribution in [-0.2, 0) is 16.8 Å². The number of nitrogens with zero attached hydrogens (tertiary/aromatic N) is 2. The topological polar surface area (TPSA) is 72.9 Å². The molecule has 2 heterocycles. The van der Waals surface area contributed by atoms with E-state index in [1.807, 2.05) is 35.2 Å². The van der Waals surface area contributed by atoms with E-state index in [0.717, 1.165) is 42.7 Å². The minimum Gasteiger partial charge on any atom is -0.307 e. The van der Waals surface area contributed by atoms with E-state index in [9.17, 15) is 9.59 Å². The number of hydrogen-bond acceptors (Lipinski definition) is 4. The van der Waals surface area contributed by atoms with E-state index in [1.54, 1.807) is 17.6 Å². The molecule has 0 unspecified atom stereocenters. The van der Waals surface area contributed by atoms with E-state index in [1.165, 1.54) is 0 Å². The van der Waals surface area contributed by atoms with Crippen molar-refractivity contribution in [3.05, 3.63) is 65.2 Å². The summed E-state index contributed by atoms with van der Waals surface area (Å²) in [6.07, 6.45) is 1.68. The minimum atomic E-state index is -0.547. The van der Waals surface area contributed by atoms with Gasteiger partial charge in [0.25, 0.3) is 5.91 Å². The van der Waals surface area contributed by atoms with Crippen LogP contribution in [-0.4, -0.2) is 42.1 Å². The van der Waals surface area contributed by atoms with Gasteiger partial charge in [0.05, 0.1) is 12.0 Å². The molecular weight excluding hydrogens is 342 g/mol. The van der Waals surface area contributed by atoms with Crippen LogP contribution >= 0.6 is 0 Å². The van der Waals surface area contributed by atoms with Crippen LogP contribution in [0.2, 0.25) is 0 Å². The molecule has 140 valence electrons. The summed E-state index contributed by atoms with van der Waals surface area (Å²) in [5.41, 5.74) is 4.66. The molecule has 1 spiro atoms. The van der Waals surface area contributed by atoms with E-state index in [0.29, 0.717) is 12.1 Å². The normalized spacial score (nSPS) is 18.6. The first kappa shape index (κ1) is 17.7. The zero-order valence-corrected chi connectivity index (χ0v) is 15.3. The largest absolute Gasteiger partial charge is 0.307 e. The molecule has 0 atom stereocenters. The maximum absolute atomic E-state index is 13.5. The van der Waals surface area contributed by atoms with Crippen molar-refractivity contribution in [2.24, 2.45) is 0 Å². The Bertz CT molecular complexity index is 870. The van der Waals surface area contributed by atoms with Gasteiger partial charge in [-0.25, -0.2) is 5.48 Å². The number of piperidine rings is 1. The van der Waals surface area contributed by atoms with Crippen LogP contribution in [0.15, 0.2) is 48.5 Å². The van der Waals surface area contributed by atoms with Gasteiger partial charge in [-0.2, -0.15) is 0 Å². The van der Waals surface area contributed by atoms with Crippen molar-refractivity contribution in [3.63, 3.8) is 0 Å². The molecule has 6 nitrogen and oxygen atoms in total. The standard InChI is InChI=1S/C21H23N3O3/c1-23-12-10-21(11-13-23)17-4-2-3-5-18(17)24(20(21)26)14-15-6-8-16(9-7-15)19(25)22-27/h2-9,27H,10-14H2,1H3,(H,22,25). The van der Waals surface area contributed by atoms with Crippen LogP contribution in [0.5, 0.6) is 0 Å². The predicted molar refractivity (Wildman–Crippen MR) is 102 cm³/mol. The van der Waals surface area contributed by atoms with Crippen molar-refractivity contribution in [1.29, 1.82) is 0 Å². The number of benzene rings is 2. The molecule has 0 saturated carbocycles. The summed E-state index contributed by atoms with van der Waals surface area (Å²) in [7, 11) is 2.10. The van der Waals surface area contributed by atoms with Crippen molar-refractivity contribution in [1.82, 2.24) is 10.4 Å². The highest BCUT2D eigenvalue weighted by Gasteiger charge is 2.51. The lowest BCUT2D eigenvalue weighted by Crippen LogP contribution is -2.47. The number of carbonyl (C=O) groups is 2.